The molecule has 0 saturated heterocycles. The third-order valence-electron chi connectivity index (χ3n) is 3.38. The molecule has 1 aromatic heterocycles. The predicted octanol–water partition coefficient (Wildman–Crippen LogP) is 3.37. The molecule has 0 radical (unpaired) electrons. The average Bonchev–Trinajstić information content (AvgIpc) is 3.10. The maximum Gasteiger partial charge on any atom is 0.416 e. The van der Waals surface area contributed by atoms with Crippen molar-refractivity contribution in [2.75, 3.05) is 26.7 Å². The molecule has 1 heterocycles. The van der Waals surface area contributed by atoms with Gasteiger partial charge in [0.15, 0.2) is 5.96 Å². The zero-order valence-corrected chi connectivity index (χ0v) is 16.6. The average molecular weight is 482 g/mol. The van der Waals surface area contributed by atoms with E-state index in [9.17, 15) is 13.2 Å². The number of nitrogens with zero attached hydrogens (tertiary/aromatic N) is 2. The molecule has 1 aromatic carbocycles. The summed E-state index contributed by atoms with van der Waals surface area (Å²) in [5.41, 5.74) is -0.722. The minimum Gasteiger partial charge on any atom is -0.492 e. The lowest BCUT2D eigenvalue weighted by Crippen LogP contribution is -2.40. The molecule has 0 saturated carbocycles. The summed E-state index contributed by atoms with van der Waals surface area (Å²) < 4.78 is 45.3. The number of alkyl halides is 3. The van der Waals surface area contributed by atoms with Crippen LogP contribution in [0.1, 0.15) is 5.56 Å². The molecule has 0 aliphatic rings. The lowest BCUT2D eigenvalue weighted by molar-refractivity contribution is -0.137. The molecule has 2 aromatic rings. The number of guanidine groups is 1. The first kappa shape index (κ1) is 22.1. The zero-order valence-electron chi connectivity index (χ0n) is 14.3. The summed E-state index contributed by atoms with van der Waals surface area (Å²) in [5.74, 6) is 0.798. The van der Waals surface area contributed by atoms with Crippen molar-refractivity contribution in [2.45, 2.75) is 12.7 Å². The van der Waals surface area contributed by atoms with Crippen molar-refractivity contribution >= 4 is 29.9 Å². The summed E-state index contributed by atoms with van der Waals surface area (Å²) in [5, 5.41) is 6.20. The number of rotatable bonds is 7. The summed E-state index contributed by atoms with van der Waals surface area (Å²) in [6.07, 6.45) is -0.426. The van der Waals surface area contributed by atoms with E-state index in [0.717, 1.165) is 18.7 Å². The van der Waals surface area contributed by atoms with Gasteiger partial charge >= 0.3 is 6.18 Å². The Morgan fingerprint density at radius 3 is 2.46 bits per heavy atom. The van der Waals surface area contributed by atoms with Crippen molar-refractivity contribution in [1.29, 1.82) is 0 Å². The Morgan fingerprint density at radius 2 is 1.81 bits per heavy atom. The van der Waals surface area contributed by atoms with Crippen LogP contribution in [0.15, 0.2) is 53.8 Å². The molecular weight excluding hydrogens is 460 g/mol. The Balaban J connectivity index is 0.00000338. The molecule has 26 heavy (non-hydrogen) atoms. The first-order valence-corrected chi connectivity index (χ1v) is 7.84. The SMILES string of the molecule is CN=C(NCCOc1cccc(C(F)(F)F)c1)NCCn1cccc1.I. The maximum absolute atomic E-state index is 12.6. The zero-order chi connectivity index (χ0) is 18.1. The fourth-order valence-electron chi connectivity index (χ4n) is 2.14. The van der Waals surface area contributed by atoms with E-state index in [1.165, 1.54) is 12.1 Å². The van der Waals surface area contributed by atoms with E-state index in [4.69, 9.17) is 4.74 Å². The van der Waals surface area contributed by atoms with E-state index in [-0.39, 0.29) is 36.3 Å². The second-order valence-corrected chi connectivity index (χ2v) is 5.22. The maximum atomic E-state index is 12.6. The van der Waals surface area contributed by atoms with Gasteiger partial charge in [0.25, 0.3) is 0 Å². The number of hydrogen-bond donors (Lipinski definition) is 2. The van der Waals surface area contributed by atoms with E-state index in [2.05, 4.69) is 15.6 Å². The molecular formula is C17H22F3IN4O. The van der Waals surface area contributed by atoms with Crippen molar-refractivity contribution in [3.63, 3.8) is 0 Å². The van der Waals surface area contributed by atoms with Gasteiger partial charge in [-0.15, -0.1) is 24.0 Å². The minimum absolute atomic E-state index is 0. The molecule has 0 atom stereocenters. The van der Waals surface area contributed by atoms with Crippen molar-refractivity contribution in [3.05, 3.63) is 54.4 Å². The Labute approximate surface area is 167 Å². The molecule has 144 valence electrons. The molecule has 0 unspecified atom stereocenters. The summed E-state index contributed by atoms with van der Waals surface area (Å²) in [6.45, 7) is 2.14. The number of nitrogens with one attached hydrogen (secondary N) is 2. The van der Waals surface area contributed by atoms with Crippen LogP contribution >= 0.6 is 24.0 Å². The number of aromatic nitrogens is 1. The topological polar surface area (TPSA) is 50.6 Å². The van der Waals surface area contributed by atoms with Gasteiger partial charge in [-0.1, -0.05) is 6.07 Å². The molecule has 0 amide bonds. The van der Waals surface area contributed by atoms with Crippen molar-refractivity contribution in [2.24, 2.45) is 4.99 Å². The monoisotopic (exact) mass is 482 g/mol. The van der Waals surface area contributed by atoms with Crippen molar-refractivity contribution in [1.82, 2.24) is 15.2 Å². The van der Waals surface area contributed by atoms with Gasteiger partial charge in [-0.05, 0) is 30.3 Å². The van der Waals surface area contributed by atoms with Gasteiger partial charge in [-0.25, -0.2) is 0 Å². The lowest BCUT2D eigenvalue weighted by Gasteiger charge is -2.13. The van der Waals surface area contributed by atoms with E-state index < -0.39 is 11.7 Å². The molecule has 0 spiro atoms. The summed E-state index contributed by atoms with van der Waals surface area (Å²) >= 11 is 0. The van der Waals surface area contributed by atoms with Gasteiger partial charge in [-0.3, -0.25) is 4.99 Å². The molecule has 0 fully saturated rings. The van der Waals surface area contributed by atoms with Crippen LogP contribution in [-0.2, 0) is 12.7 Å². The van der Waals surface area contributed by atoms with Gasteiger partial charge in [0, 0.05) is 32.5 Å². The summed E-state index contributed by atoms with van der Waals surface area (Å²) in [4.78, 5) is 4.08. The number of ether oxygens (including phenoxy) is 1. The second-order valence-electron chi connectivity index (χ2n) is 5.22. The highest BCUT2D eigenvalue weighted by molar-refractivity contribution is 14.0. The third kappa shape index (κ3) is 7.54. The fraction of sp³-hybridized carbons (Fsp3) is 0.353. The van der Waals surface area contributed by atoms with E-state index in [1.54, 1.807) is 7.05 Å². The predicted molar refractivity (Wildman–Crippen MR) is 106 cm³/mol. The van der Waals surface area contributed by atoms with Gasteiger partial charge in [0.05, 0.1) is 12.1 Å². The van der Waals surface area contributed by atoms with Gasteiger partial charge in [0.2, 0.25) is 0 Å². The molecule has 0 aliphatic carbocycles. The number of hydrogen-bond acceptors (Lipinski definition) is 2. The van der Waals surface area contributed by atoms with Gasteiger partial charge in [0.1, 0.15) is 12.4 Å². The highest BCUT2D eigenvalue weighted by atomic mass is 127. The van der Waals surface area contributed by atoms with Crippen LogP contribution in [-0.4, -0.2) is 37.3 Å². The van der Waals surface area contributed by atoms with E-state index >= 15 is 0 Å². The smallest absolute Gasteiger partial charge is 0.416 e. The number of aliphatic imine (C=N–C) groups is 1. The summed E-state index contributed by atoms with van der Waals surface area (Å²) in [6, 6.07) is 8.74. The standard InChI is InChI=1S/C17H21F3N4O.HI/c1-21-16(22-7-11-24-9-2-3-10-24)23-8-12-25-15-6-4-5-14(13-15)17(18,19)20;/h2-6,9-10,13H,7-8,11-12H2,1H3,(H2,21,22,23);1H. The van der Waals surface area contributed by atoms with Crippen LogP contribution in [0.3, 0.4) is 0 Å². The van der Waals surface area contributed by atoms with Gasteiger partial charge in [-0.2, -0.15) is 13.2 Å². The molecule has 5 nitrogen and oxygen atoms in total. The highest BCUT2D eigenvalue weighted by Crippen LogP contribution is 2.31. The first-order chi connectivity index (χ1) is 12.0. The Hall–Kier alpha value is -1.91. The molecule has 0 aliphatic heterocycles. The molecule has 0 bridgehead atoms. The normalized spacial score (nSPS) is 11.6. The number of halogens is 4. The third-order valence-corrected chi connectivity index (χ3v) is 3.38. The van der Waals surface area contributed by atoms with E-state index in [0.29, 0.717) is 19.0 Å². The quantitative estimate of drug-likeness (QED) is 0.276. The second kappa shape index (κ2) is 10.9. The minimum atomic E-state index is -4.37. The van der Waals surface area contributed by atoms with Crippen LogP contribution in [0.2, 0.25) is 0 Å². The molecule has 9 heteroatoms. The Bertz CT molecular complexity index is 675. The van der Waals surface area contributed by atoms with Crippen LogP contribution < -0.4 is 15.4 Å². The van der Waals surface area contributed by atoms with E-state index in [1.807, 2.05) is 29.1 Å². The van der Waals surface area contributed by atoms with Crippen LogP contribution in [0.25, 0.3) is 0 Å². The number of benzene rings is 1. The fourth-order valence-corrected chi connectivity index (χ4v) is 2.14. The lowest BCUT2D eigenvalue weighted by atomic mass is 10.2. The Morgan fingerprint density at radius 1 is 1.12 bits per heavy atom. The molecule has 2 rings (SSSR count). The van der Waals surface area contributed by atoms with Gasteiger partial charge < -0.3 is 19.9 Å². The van der Waals surface area contributed by atoms with Crippen LogP contribution in [0.4, 0.5) is 13.2 Å². The van der Waals surface area contributed by atoms with Crippen molar-refractivity contribution < 1.29 is 17.9 Å². The molecule has 2 N–H and O–H groups in total. The summed E-state index contributed by atoms with van der Waals surface area (Å²) in [7, 11) is 1.65. The van der Waals surface area contributed by atoms with Crippen LogP contribution in [0, 0.1) is 0 Å². The first-order valence-electron chi connectivity index (χ1n) is 7.84. The Kier molecular flexibility index (Phi) is 9.31. The largest absolute Gasteiger partial charge is 0.492 e. The highest BCUT2D eigenvalue weighted by Gasteiger charge is 2.30. The van der Waals surface area contributed by atoms with Crippen LogP contribution in [0.5, 0.6) is 5.75 Å². The van der Waals surface area contributed by atoms with Crippen molar-refractivity contribution in [3.8, 4) is 5.75 Å².